The Hall–Kier alpha value is -2.70. The lowest BCUT2D eigenvalue weighted by Crippen LogP contribution is -2.11. The minimum Gasteiger partial charge on any atom is -0.435 e. The van der Waals surface area contributed by atoms with Crippen LogP contribution in [0.2, 0.25) is 0 Å². The van der Waals surface area contributed by atoms with Crippen molar-refractivity contribution in [2.45, 2.75) is 0 Å². The molecule has 0 saturated heterocycles. The van der Waals surface area contributed by atoms with E-state index in [4.69, 9.17) is 4.74 Å². The van der Waals surface area contributed by atoms with Gasteiger partial charge in [-0.2, -0.15) is 4.98 Å². The number of hydrogen-bond acceptors (Lipinski definition) is 5. The first-order chi connectivity index (χ1) is 8.16. The second kappa shape index (κ2) is 4.44. The number of rotatable bonds is 3. The van der Waals surface area contributed by atoms with E-state index >= 15 is 0 Å². The Balaban J connectivity index is 2.41. The standard InChI is InChI=1S/C10H7N3O4/c14-10-11-6-8(13(15)16)9(12-10)17-7-4-2-1-3-5-7/h1-6H,(H,11,12,14). The summed E-state index contributed by atoms with van der Waals surface area (Å²) in [5.41, 5.74) is -1.10. The lowest BCUT2D eigenvalue weighted by atomic mass is 10.3. The van der Waals surface area contributed by atoms with E-state index in [0.29, 0.717) is 5.75 Å². The maximum Gasteiger partial charge on any atom is 0.348 e. The minimum absolute atomic E-state index is 0.235. The van der Waals surface area contributed by atoms with E-state index in [0.717, 1.165) is 6.20 Å². The highest BCUT2D eigenvalue weighted by Crippen LogP contribution is 2.26. The lowest BCUT2D eigenvalue weighted by Gasteiger charge is -2.04. The molecule has 86 valence electrons. The van der Waals surface area contributed by atoms with E-state index < -0.39 is 16.3 Å². The molecule has 0 aliphatic rings. The topological polar surface area (TPSA) is 98.1 Å². The normalized spacial score (nSPS) is 9.88. The zero-order valence-corrected chi connectivity index (χ0v) is 8.49. The number of nitro groups is 1. The molecule has 0 aliphatic heterocycles. The van der Waals surface area contributed by atoms with Crippen LogP contribution in [0.4, 0.5) is 5.69 Å². The fourth-order valence-corrected chi connectivity index (χ4v) is 1.19. The van der Waals surface area contributed by atoms with Crippen molar-refractivity contribution in [3.8, 4) is 11.6 Å². The number of aromatic nitrogens is 2. The molecule has 7 heteroatoms. The van der Waals surface area contributed by atoms with Crippen molar-refractivity contribution in [3.63, 3.8) is 0 Å². The number of H-pyrrole nitrogens is 1. The summed E-state index contributed by atoms with van der Waals surface area (Å²) in [5, 5.41) is 10.7. The molecule has 0 amide bonds. The van der Waals surface area contributed by atoms with E-state index in [9.17, 15) is 14.9 Å². The highest BCUT2D eigenvalue weighted by atomic mass is 16.6. The van der Waals surface area contributed by atoms with Gasteiger partial charge in [-0.25, -0.2) is 4.79 Å². The zero-order chi connectivity index (χ0) is 12.3. The quantitative estimate of drug-likeness (QED) is 0.639. The molecule has 7 nitrogen and oxygen atoms in total. The van der Waals surface area contributed by atoms with Gasteiger partial charge in [0.25, 0.3) is 5.88 Å². The molecule has 0 spiro atoms. The fourth-order valence-electron chi connectivity index (χ4n) is 1.19. The number of benzene rings is 1. The van der Waals surface area contributed by atoms with Crippen LogP contribution in [0.15, 0.2) is 41.3 Å². The van der Waals surface area contributed by atoms with Crippen LogP contribution in [0.5, 0.6) is 11.6 Å². The first kappa shape index (κ1) is 10.8. The average molecular weight is 233 g/mol. The van der Waals surface area contributed by atoms with Gasteiger partial charge in [0.1, 0.15) is 11.9 Å². The van der Waals surface area contributed by atoms with Gasteiger partial charge in [-0.15, -0.1) is 0 Å². The van der Waals surface area contributed by atoms with Crippen LogP contribution < -0.4 is 10.4 Å². The summed E-state index contributed by atoms with van der Waals surface area (Å²) in [6.07, 6.45) is 0.858. The summed E-state index contributed by atoms with van der Waals surface area (Å²) < 4.78 is 5.21. The Morgan fingerprint density at radius 3 is 2.65 bits per heavy atom. The molecule has 2 rings (SSSR count). The van der Waals surface area contributed by atoms with Gasteiger partial charge in [0.05, 0.1) is 4.92 Å². The van der Waals surface area contributed by atoms with E-state index in [1.807, 2.05) is 0 Å². The number of aromatic amines is 1. The number of ether oxygens (including phenoxy) is 1. The smallest absolute Gasteiger partial charge is 0.348 e. The largest absolute Gasteiger partial charge is 0.435 e. The van der Waals surface area contributed by atoms with Crippen LogP contribution in [0.3, 0.4) is 0 Å². The van der Waals surface area contributed by atoms with Crippen LogP contribution in [0.1, 0.15) is 0 Å². The second-order valence-electron chi connectivity index (χ2n) is 3.07. The molecule has 0 radical (unpaired) electrons. The molecular formula is C10H7N3O4. The van der Waals surface area contributed by atoms with E-state index in [-0.39, 0.29) is 5.88 Å². The molecule has 2 aromatic rings. The molecule has 1 aromatic carbocycles. The van der Waals surface area contributed by atoms with Crippen molar-refractivity contribution in [3.05, 3.63) is 57.1 Å². The third-order valence-electron chi connectivity index (χ3n) is 1.92. The summed E-state index contributed by atoms with van der Waals surface area (Å²) in [4.78, 5) is 26.4. The van der Waals surface area contributed by atoms with E-state index in [1.165, 1.54) is 0 Å². The van der Waals surface area contributed by atoms with Gasteiger partial charge in [0.15, 0.2) is 0 Å². The molecule has 0 atom stereocenters. The van der Waals surface area contributed by atoms with Gasteiger partial charge in [0, 0.05) is 0 Å². The van der Waals surface area contributed by atoms with Gasteiger partial charge >= 0.3 is 11.4 Å². The highest BCUT2D eigenvalue weighted by molar-refractivity contribution is 5.40. The molecular weight excluding hydrogens is 226 g/mol. The Labute approximate surface area is 94.9 Å². The van der Waals surface area contributed by atoms with E-state index in [1.54, 1.807) is 30.3 Å². The molecule has 1 aromatic heterocycles. The Kier molecular flexibility index (Phi) is 2.82. The van der Waals surface area contributed by atoms with Crippen LogP contribution in [-0.2, 0) is 0 Å². The second-order valence-corrected chi connectivity index (χ2v) is 3.07. The van der Waals surface area contributed by atoms with E-state index in [2.05, 4.69) is 9.97 Å². The van der Waals surface area contributed by atoms with Crippen molar-refractivity contribution in [1.82, 2.24) is 9.97 Å². The molecule has 0 unspecified atom stereocenters. The fraction of sp³-hybridized carbons (Fsp3) is 0. The molecule has 1 heterocycles. The van der Waals surface area contributed by atoms with Gasteiger partial charge in [0.2, 0.25) is 0 Å². The molecule has 0 fully saturated rings. The predicted molar refractivity (Wildman–Crippen MR) is 58.0 cm³/mol. The first-order valence-electron chi connectivity index (χ1n) is 4.63. The third kappa shape index (κ3) is 2.46. The van der Waals surface area contributed by atoms with Crippen molar-refractivity contribution in [2.24, 2.45) is 0 Å². The molecule has 0 aliphatic carbocycles. The van der Waals surface area contributed by atoms with Gasteiger partial charge in [-0.1, -0.05) is 18.2 Å². The maximum absolute atomic E-state index is 11.0. The third-order valence-corrected chi connectivity index (χ3v) is 1.92. The monoisotopic (exact) mass is 233 g/mol. The SMILES string of the molecule is O=c1ncc([N+](=O)[O-])c(Oc2ccccc2)[nH]1. The van der Waals surface area contributed by atoms with Crippen LogP contribution in [0, 0.1) is 10.1 Å². The van der Waals surface area contributed by atoms with Crippen molar-refractivity contribution >= 4 is 5.69 Å². The van der Waals surface area contributed by atoms with Crippen LogP contribution >= 0.6 is 0 Å². The number of nitrogens with one attached hydrogen (secondary N) is 1. The Morgan fingerprint density at radius 2 is 2.00 bits per heavy atom. The maximum atomic E-state index is 11.0. The average Bonchev–Trinajstić information content (AvgIpc) is 2.30. The number of hydrogen-bond donors (Lipinski definition) is 1. The summed E-state index contributed by atoms with van der Waals surface area (Å²) >= 11 is 0. The molecule has 1 N–H and O–H groups in total. The summed E-state index contributed by atoms with van der Waals surface area (Å²) in [6.45, 7) is 0. The zero-order valence-electron chi connectivity index (χ0n) is 8.49. The lowest BCUT2D eigenvalue weighted by molar-refractivity contribution is -0.386. The van der Waals surface area contributed by atoms with Crippen molar-refractivity contribution < 1.29 is 9.66 Å². The van der Waals surface area contributed by atoms with Crippen LogP contribution in [-0.4, -0.2) is 14.9 Å². The van der Waals surface area contributed by atoms with Gasteiger partial charge < -0.3 is 4.74 Å². The first-order valence-corrected chi connectivity index (χ1v) is 4.63. The van der Waals surface area contributed by atoms with Crippen LogP contribution in [0.25, 0.3) is 0 Å². The Bertz CT molecular complexity index is 594. The van der Waals surface area contributed by atoms with Gasteiger partial charge in [-0.05, 0) is 12.1 Å². The Morgan fingerprint density at radius 1 is 1.29 bits per heavy atom. The predicted octanol–water partition coefficient (Wildman–Crippen LogP) is 1.47. The molecule has 0 bridgehead atoms. The minimum atomic E-state index is -0.707. The molecule has 17 heavy (non-hydrogen) atoms. The summed E-state index contributed by atoms with van der Waals surface area (Å²) in [5.74, 6) is 0.152. The molecule has 0 saturated carbocycles. The van der Waals surface area contributed by atoms with Crippen molar-refractivity contribution in [1.29, 1.82) is 0 Å². The van der Waals surface area contributed by atoms with Gasteiger partial charge in [-0.3, -0.25) is 15.1 Å². The summed E-state index contributed by atoms with van der Waals surface area (Å²) in [6, 6.07) is 8.42. The summed E-state index contributed by atoms with van der Waals surface area (Å²) in [7, 11) is 0. The highest BCUT2D eigenvalue weighted by Gasteiger charge is 2.17. The van der Waals surface area contributed by atoms with Crippen molar-refractivity contribution in [2.75, 3.05) is 0 Å². The number of nitrogens with zero attached hydrogens (tertiary/aromatic N) is 2. The number of para-hydroxylation sites is 1.